The van der Waals surface area contributed by atoms with Crippen molar-refractivity contribution in [3.63, 3.8) is 0 Å². The molecule has 18 heavy (non-hydrogen) atoms. The zero-order valence-corrected chi connectivity index (χ0v) is 11.1. The first-order valence-electron chi connectivity index (χ1n) is 5.75. The number of hydrogen-bond acceptors (Lipinski definition) is 4. The Bertz CT molecular complexity index is 469. The lowest BCUT2D eigenvalue weighted by Crippen LogP contribution is -2.31. The monoisotopic (exact) mass is 266 g/mol. The van der Waals surface area contributed by atoms with Crippen LogP contribution in [0.3, 0.4) is 0 Å². The number of halogens is 1. The molecule has 0 aromatic heterocycles. The molecule has 0 saturated carbocycles. The van der Waals surface area contributed by atoms with E-state index in [1.165, 1.54) is 0 Å². The smallest absolute Gasteiger partial charge is 0.328 e. The highest BCUT2D eigenvalue weighted by Crippen LogP contribution is 2.21. The number of carbonyl (C=O) groups excluding carboxylic acids is 1. The van der Waals surface area contributed by atoms with Crippen molar-refractivity contribution in [1.29, 1.82) is 5.26 Å². The van der Waals surface area contributed by atoms with Gasteiger partial charge in [-0.25, -0.2) is 4.79 Å². The van der Waals surface area contributed by atoms with E-state index >= 15 is 0 Å². The van der Waals surface area contributed by atoms with Crippen LogP contribution < -0.4 is 5.32 Å². The SMILES string of the molecule is CCOC(=O)C(CC)Nc1cc(Cl)ccc1C#N. The van der Waals surface area contributed by atoms with E-state index in [4.69, 9.17) is 21.6 Å². The maximum absolute atomic E-state index is 11.7. The van der Waals surface area contributed by atoms with E-state index in [0.29, 0.717) is 29.3 Å². The van der Waals surface area contributed by atoms with E-state index in [-0.39, 0.29) is 5.97 Å². The molecular weight excluding hydrogens is 252 g/mol. The number of carbonyl (C=O) groups is 1. The fourth-order valence-corrected chi connectivity index (χ4v) is 1.66. The van der Waals surface area contributed by atoms with Crippen molar-refractivity contribution in [2.24, 2.45) is 0 Å². The number of anilines is 1. The molecule has 1 aromatic rings. The van der Waals surface area contributed by atoms with Crippen LogP contribution in [-0.4, -0.2) is 18.6 Å². The maximum Gasteiger partial charge on any atom is 0.328 e. The van der Waals surface area contributed by atoms with Gasteiger partial charge in [0.1, 0.15) is 12.1 Å². The van der Waals surface area contributed by atoms with Gasteiger partial charge in [-0.1, -0.05) is 18.5 Å². The average molecular weight is 267 g/mol. The van der Waals surface area contributed by atoms with Crippen LogP contribution in [0.4, 0.5) is 5.69 Å². The molecular formula is C13H15ClN2O2. The first-order chi connectivity index (χ1) is 8.62. The van der Waals surface area contributed by atoms with E-state index in [1.54, 1.807) is 25.1 Å². The topological polar surface area (TPSA) is 62.1 Å². The molecule has 0 heterocycles. The predicted molar refractivity (Wildman–Crippen MR) is 70.5 cm³/mol. The summed E-state index contributed by atoms with van der Waals surface area (Å²) in [6.07, 6.45) is 0.566. The number of nitrogens with zero attached hydrogens (tertiary/aromatic N) is 1. The van der Waals surface area contributed by atoms with Gasteiger partial charge in [0, 0.05) is 5.02 Å². The second-order valence-corrected chi connectivity index (χ2v) is 4.10. The van der Waals surface area contributed by atoms with Crippen LogP contribution in [0, 0.1) is 11.3 Å². The third-order valence-electron chi connectivity index (χ3n) is 2.41. The molecule has 1 rings (SSSR count). The number of nitriles is 1. The van der Waals surface area contributed by atoms with Crippen molar-refractivity contribution < 1.29 is 9.53 Å². The first kappa shape index (κ1) is 14.3. The molecule has 0 aliphatic rings. The summed E-state index contributed by atoms with van der Waals surface area (Å²) in [5.41, 5.74) is 0.993. The molecule has 1 atom stereocenters. The van der Waals surface area contributed by atoms with Crippen molar-refractivity contribution in [3.8, 4) is 6.07 Å². The van der Waals surface area contributed by atoms with Crippen LogP contribution in [0.5, 0.6) is 0 Å². The summed E-state index contributed by atoms with van der Waals surface area (Å²) in [6.45, 7) is 3.95. The molecule has 1 N–H and O–H groups in total. The lowest BCUT2D eigenvalue weighted by Gasteiger charge is -2.17. The molecule has 0 spiro atoms. The summed E-state index contributed by atoms with van der Waals surface area (Å²) in [4.78, 5) is 11.7. The first-order valence-corrected chi connectivity index (χ1v) is 6.13. The number of benzene rings is 1. The van der Waals surface area contributed by atoms with E-state index < -0.39 is 6.04 Å². The third kappa shape index (κ3) is 3.64. The van der Waals surface area contributed by atoms with Crippen LogP contribution in [0.1, 0.15) is 25.8 Å². The molecule has 1 aromatic carbocycles. The molecule has 5 heteroatoms. The molecule has 0 aliphatic heterocycles. The van der Waals surface area contributed by atoms with Crippen molar-refractivity contribution in [2.75, 3.05) is 11.9 Å². The van der Waals surface area contributed by atoms with E-state index in [1.807, 2.05) is 13.0 Å². The Labute approximate surface area is 112 Å². The van der Waals surface area contributed by atoms with Crippen LogP contribution in [0.25, 0.3) is 0 Å². The minimum absolute atomic E-state index is 0.330. The van der Waals surface area contributed by atoms with Crippen LogP contribution in [0.2, 0.25) is 5.02 Å². The standard InChI is InChI=1S/C13H15ClN2O2/c1-3-11(13(17)18-4-2)16-12-7-10(14)6-5-9(12)8-15/h5-7,11,16H,3-4H2,1-2H3. The fraction of sp³-hybridized carbons (Fsp3) is 0.385. The Kier molecular flexibility index (Phi) is 5.47. The number of esters is 1. The predicted octanol–water partition coefficient (Wildman–Crippen LogP) is 2.97. The van der Waals surface area contributed by atoms with Crippen LogP contribution >= 0.6 is 11.6 Å². The normalized spacial score (nSPS) is 11.4. The van der Waals surface area contributed by atoms with E-state index in [9.17, 15) is 4.79 Å². The zero-order chi connectivity index (χ0) is 13.5. The summed E-state index contributed by atoms with van der Waals surface area (Å²) in [6, 6.07) is 6.45. The molecule has 0 aliphatic carbocycles. The maximum atomic E-state index is 11.7. The van der Waals surface area contributed by atoms with Crippen LogP contribution in [0.15, 0.2) is 18.2 Å². The lowest BCUT2D eigenvalue weighted by molar-refractivity contribution is -0.144. The lowest BCUT2D eigenvalue weighted by atomic mass is 10.1. The molecule has 0 amide bonds. The van der Waals surface area contributed by atoms with Crippen molar-refractivity contribution in [2.45, 2.75) is 26.3 Å². The summed E-state index contributed by atoms with van der Waals surface area (Å²) in [5.74, 6) is -0.330. The highest BCUT2D eigenvalue weighted by Gasteiger charge is 2.18. The van der Waals surface area contributed by atoms with Crippen molar-refractivity contribution >= 4 is 23.3 Å². The summed E-state index contributed by atoms with van der Waals surface area (Å²) < 4.78 is 4.95. The number of ether oxygens (including phenoxy) is 1. The van der Waals surface area contributed by atoms with Gasteiger partial charge in [-0.05, 0) is 31.5 Å². The summed E-state index contributed by atoms with van der Waals surface area (Å²) in [5, 5.41) is 12.5. The molecule has 0 saturated heterocycles. The van der Waals surface area contributed by atoms with Crippen molar-refractivity contribution in [1.82, 2.24) is 0 Å². The van der Waals surface area contributed by atoms with Gasteiger partial charge in [0.25, 0.3) is 0 Å². The van der Waals surface area contributed by atoms with Gasteiger partial charge >= 0.3 is 5.97 Å². The summed E-state index contributed by atoms with van der Waals surface area (Å²) >= 11 is 5.88. The second kappa shape index (κ2) is 6.87. The zero-order valence-electron chi connectivity index (χ0n) is 10.4. The highest BCUT2D eigenvalue weighted by atomic mass is 35.5. The molecule has 0 radical (unpaired) electrons. The van der Waals surface area contributed by atoms with Gasteiger partial charge in [-0.2, -0.15) is 5.26 Å². The van der Waals surface area contributed by atoms with E-state index in [0.717, 1.165) is 0 Å². The number of hydrogen-bond donors (Lipinski definition) is 1. The Morgan fingerprint density at radius 1 is 1.56 bits per heavy atom. The quantitative estimate of drug-likeness (QED) is 0.833. The molecule has 4 nitrogen and oxygen atoms in total. The molecule has 0 fully saturated rings. The minimum atomic E-state index is -0.476. The Hall–Kier alpha value is -1.73. The number of rotatable bonds is 5. The molecule has 96 valence electrons. The van der Waals surface area contributed by atoms with Gasteiger partial charge < -0.3 is 10.1 Å². The average Bonchev–Trinajstić information content (AvgIpc) is 2.36. The second-order valence-electron chi connectivity index (χ2n) is 3.66. The van der Waals surface area contributed by atoms with Gasteiger partial charge in [-0.3, -0.25) is 0 Å². The minimum Gasteiger partial charge on any atom is -0.464 e. The van der Waals surface area contributed by atoms with E-state index in [2.05, 4.69) is 5.32 Å². The Morgan fingerprint density at radius 3 is 2.83 bits per heavy atom. The van der Waals surface area contributed by atoms with Gasteiger partial charge in [-0.15, -0.1) is 0 Å². The highest BCUT2D eigenvalue weighted by molar-refractivity contribution is 6.30. The number of nitrogens with one attached hydrogen (secondary N) is 1. The van der Waals surface area contributed by atoms with Gasteiger partial charge in [0.2, 0.25) is 0 Å². The molecule has 0 bridgehead atoms. The van der Waals surface area contributed by atoms with Gasteiger partial charge in [0.15, 0.2) is 0 Å². The Morgan fingerprint density at radius 2 is 2.28 bits per heavy atom. The summed E-state index contributed by atoms with van der Waals surface area (Å²) in [7, 11) is 0. The molecule has 1 unspecified atom stereocenters. The van der Waals surface area contributed by atoms with Gasteiger partial charge in [0.05, 0.1) is 17.9 Å². The van der Waals surface area contributed by atoms with Crippen molar-refractivity contribution in [3.05, 3.63) is 28.8 Å². The fourth-order valence-electron chi connectivity index (χ4n) is 1.49. The third-order valence-corrected chi connectivity index (χ3v) is 2.65. The largest absolute Gasteiger partial charge is 0.464 e. The Balaban J connectivity index is 2.91. The van der Waals surface area contributed by atoms with Crippen LogP contribution in [-0.2, 0) is 9.53 Å².